The third kappa shape index (κ3) is 1.94. The molecule has 0 radical (unpaired) electrons. The largest absolute Gasteiger partial charge is 0.275 e. The third-order valence-corrected chi connectivity index (χ3v) is 3.90. The van der Waals surface area contributed by atoms with Gasteiger partial charge in [0, 0.05) is 10.9 Å². The lowest BCUT2D eigenvalue weighted by molar-refractivity contribution is 1.07. The Bertz CT molecular complexity index is 770. The minimum Gasteiger partial charge on any atom is -0.275 e. The predicted octanol–water partition coefficient (Wildman–Crippen LogP) is 4.00. The summed E-state index contributed by atoms with van der Waals surface area (Å²) < 4.78 is 2.18. The van der Waals surface area contributed by atoms with E-state index in [0.717, 1.165) is 22.8 Å². The summed E-state index contributed by atoms with van der Waals surface area (Å²) in [5, 5.41) is 2.07. The molecule has 0 N–H and O–H groups in total. The topological polar surface area (TPSA) is 17.3 Å². The van der Waals surface area contributed by atoms with Crippen LogP contribution in [-0.2, 0) is 6.42 Å². The summed E-state index contributed by atoms with van der Waals surface area (Å²) in [6.45, 7) is 4.01. The zero-order chi connectivity index (χ0) is 13.2. The Morgan fingerprint density at radius 1 is 1.26 bits per heavy atom. The number of aryl methyl sites for hydroxylation is 1. The lowest BCUT2D eigenvalue weighted by Crippen LogP contribution is -1.92. The normalized spacial score (nSPS) is 10.4. The van der Waals surface area contributed by atoms with Crippen LogP contribution in [0.4, 0.5) is 0 Å². The number of benzene rings is 1. The molecule has 2 nitrogen and oxygen atoms in total. The highest BCUT2D eigenvalue weighted by Gasteiger charge is 2.16. The first kappa shape index (κ1) is 12.0. The van der Waals surface area contributed by atoms with E-state index < -0.39 is 0 Å². The second-order valence-electron chi connectivity index (χ2n) is 4.24. The van der Waals surface area contributed by atoms with Gasteiger partial charge in [-0.1, -0.05) is 43.2 Å². The first-order valence-corrected chi connectivity index (χ1v) is 7.20. The van der Waals surface area contributed by atoms with Crippen molar-refractivity contribution in [3.05, 3.63) is 47.1 Å². The molecule has 2 heterocycles. The second-order valence-corrected chi connectivity index (χ2v) is 5.08. The van der Waals surface area contributed by atoms with E-state index in [4.69, 9.17) is 4.98 Å². The molecular formula is C16H14N2S. The molecule has 0 unspecified atom stereocenters. The van der Waals surface area contributed by atoms with E-state index in [1.165, 1.54) is 11.3 Å². The lowest BCUT2D eigenvalue weighted by atomic mass is 10.1. The van der Waals surface area contributed by atoms with Crippen LogP contribution >= 0.6 is 11.3 Å². The zero-order valence-electron chi connectivity index (χ0n) is 11.0. The Labute approximate surface area is 116 Å². The van der Waals surface area contributed by atoms with Crippen LogP contribution in [0.3, 0.4) is 0 Å². The van der Waals surface area contributed by atoms with Crippen LogP contribution in [0.2, 0.25) is 0 Å². The molecule has 3 aromatic rings. The SMILES string of the molecule is CC#Cc1csc2nc(CC)c(-c3ccccc3)n12. The molecular weight excluding hydrogens is 252 g/mol. The number of fused-ring (bicyclic) bond motifs is 1. The molecule has 0 bridgehead atoms. The van der Waals surface area contributed by atoms with Crippen LogP contribution in [-0.4, -0.2) is 9.38 Å². The molecule has 0 aliphatic heterocycles. The van der Waals surface area contributed by atoms with Gasteiger partial charge in [-0.25, -0.2) is 4.98 Å². The smallest absolute Gasteiger partial charge is 0.195 e. The minimum absolute atomic E-state index is 0.928. The van der Waals surface area contributed by atoms with Gasteiger partial charge in [0.25, 0.3) is 0 Å². The fourth-order valence-electron chi connectivity index (χ4n) is 2.26. The first-order valence-electron chi connectivity index (χ1n) is 6.32. The molecule has 3 heteroatoms. The molecule has 0 aliphatic rings. The van der Waals surface area contributed by atoms with Crippen molar-refractivity contribution in [3.63, 3.8) is 0 Å². The molecule has 0 amide bonds. The van der Waals surface area contributed by atoms with Gasteiger partial charge in [-0.3, -0.25) is 4.40 Å². The number of thiazole rings is 1. The summed E-state index contributed by atoms with van der Waals surface area (Å²) in [6, 6.07) is 10.4. The van der Waals surface area contributed by atoms with E-state index in [9.17, 15) is 0 Å². The van der Waals surface area contributed by atoms with Gasteiger partial charge >= 0.3 is 0 Å². The number of hydrogen-bond donors (Lipinski definition) is 0. The monoisotopic (exact) mass is 266 g/mol. The molecule has 0 saturated heterocycles. The molecule has 2 aromatic heterocycles. The van der Waals surface area contributed by atoms with Crippen molar-refractivity contribution in [1.82, 2.24) is 9.38 Å². The highest BCUT2D eigenvalue weighted by atomic mass is 32.1. The average molecular weight is 266 g/mol. The van der Waals surface area contributed by atoms with E-state index in [1.54, 1.807) is 11.3 Å². The summed E-state index contributed by atoms with van der Waals surface area (Å²) in [4.78, 5) is 5.75. The van der Waals surface area contributed by atoms with E-state index in [2.05, 4.69) is 52.8 Å². The van der Waals surface area contributed by atoms with E-state index in [1.807, 2.05) is 13.0 Å². The van der Waals surface area contributed by atoms with Crippen LogP contribution in [0.25, 0.3) is 16.2 Å². The standard InChI is InChI=1S/C16H14N2S/c1-3-8-13-11-19-16-17-14(4-2)15(18(13)16)12-9-6-5-7-10-12/h5-7,9-11H,4H2,1-2H3. The first-order chi connectivity index (χ1) is 9.35. The Balaban J connectivity index is 2.36. The van der Waals surface area contributed by atoms with Gasteiger partial charge in [-0.15, -0.1) is 11.3 Å². The summed E-state index contributed by atoms with van der Waals surface area (Å²) in [6.07, 6.45) is 0.928. The lowest BCUT2D eigenvalue weighted by Gasteiger charge is -2.03. The van der Waals surface area contributed by atoms with Crippen LogP contribution in [0.5, 0.6) is 0 Å². The number of rotatable bonds is 2. The molecule has 0 fully saturated rings. The maximum absolute atomic E-state index is 4.72. The highest BCUT2D eigenvalue weighted by molar-refractivity contribution is 7.15. The number of aromatic nitrogens is 2. The Kier molecular flexibility index (Phi) is 3.10. The van der Waals surface area contributed by atoms with Crippen molar-refractivity contribution in [2.24, 2.45) is 0 Å². The van der Waals surface area contributed by atoms with Gasteiger partial charge in [0.05, 0.1) is 11.4 Å². The molecule has 0 saturated carbocycles. The number of imidazole rings is 1. The van der Waals surface area contributed by atoms with Crippen molar-refractivity contribution in [2.75, 3.05) is 0 Å². The van der Waals surface area contributed by atoms with Gasteiger partial charge in [0.1, 0.15) is 5.69 Å². The maximum atomic E-state index is 4.72. The molecule has 1 aromatic carbocycles. The van der Waals surface area contributed by atoms with Crippen molar-refractivity contribution in [1.29, 1.82) is 0 Å². The van der Waals surface area contributed by atoms with Gasteiger partial charge < -0.3 is 0 Å². The summed E-state index contributed by atoms with van der Waals surface area (Å²) in [7, 11) is 0. The second kappa shape index (κ2) is 4.91. The third-order valence-electron chi connectivity index (χ3n) is 3.07. The number of hydrogen-bond acceptors (Lipinski definition) is 2. The van der Waals surface area contributed by atoms with E-state index in [-0.39, 0.29) is 0 Å². The van der Waals surface area contributed by atoms with Gasteiger partial charge in [-0.05, 0) is 19.3 Å². The number of nitrogens with zero attached hydrogens (tertiary/aromatic N) is 2. The van der Waals surface area contributed by atoms with Crippen molar-refractivity contribution in [2.45, 2.75) is 20.3 Å². The molecule has 19 heavy (non-hydrogen) atoms. The quantitative estimate of drug-likeness (QED) is 0.641. The summed E-state index contributed by atoms with van der Waals surface area (Å²) in [5.41, 5.74) is 4.53. The van der Waals surface area contributed by atoms with Crippen molar-refractivity contribution < 1.29 is 0 Å². The highest BCUT2D eigenvalue weighted by Crippen LogP contribution is 2.29. The van der Waals surface area contributed by atoms with Crippen LogP contribution in [0, 0.1) is 11.8 Å². The predicted molar refractivity (Wildman–Crippen MR) is 80.4 cm³/mol. The van der Waals surface area contributed by atoms with Crippen LogP contribution in [0.15, 0.2) is 35.7 Å². The average Bonchev–Trinajstić information content (AvgIpc) is 2.99. The van der Waals surface area contributed by atoms with E-state index >= 15 is 0 Å². The molecule has 0 aliphatic carbocycles. The van der Waals surface area contributed by atoms with Crippen molar-refractivity contribution >= 4 is 16.3 Å². The van der Waals surface area contributed by atoms with Gasteiger partial charge in [0.15, 0.2) is 4.96 Å². The fourth-order valence-corrected chi connectivity index (χ4v) is 3.10. The van der Waals surface area contributed by atoms with E-state index in [0.29, 0.717) is 0 Å². The molecule has 94 valence electrons. The van der Waals surface area contributed by atoms with Gasteiger partial charge in [0.2, 0.25) is 0 Å². The van der Waals surface area contributed by atoms with Crippen molar-refractivity contribution in [3.8, 4) is 23.1 Å². The van der Waals surface area contributed by atoms with Crippen LogP contribution < -0.4 is 0 Å². The fraction of sp³-hybridized carbons (Fsp3) is 0.188. The molecule has 0 atom stereocenters. The zero-order valence-corrected chi connectivity index (χ0v) is 11.8. The summed E-state index contributed by atoms with van der Waals surface area (Å²) >= 11 is 1.65. The minimum atomic E-state index is 0.928. The molecule has 3 rings (SSSR count). The van der Waals surface area contributed by atoms with Crippen LogP contribution in [0.1, 0.15) is 25.2 Å². The summed E-state index contributed by atoms with van der Waals surface area (Å²) in [5.74, 6) is 6.14. The molecule has 0 spiro atoms. The van der Waals surface area contributed by atoms with Gasteiger partial charge in [-0.2, -0.15) is 0 Å². The maximum Gasteiger partial charge on any atom is 0.195 e. The Morgan fingerprint density at radius 3 is 2.74 bits per heavy atom. The Hall–Kier alpha value is -2.05. The Morgan fingerprint density at radius 2 is 2.05 bits per heavy atom.